The summed E-state index contributed by atoms with van der Waals surface area (Å²) in [6, 6.07) is 13.9. The first-order valence-electron chi connectivity index (χ1n) is 9.35. The first-order chi connectivity index (χ1) is 15.2. The van der Waals surface area contributed by atoms with Gasteiger partial charge in [0.15, 0.2) is 0 Å². The Bertz CT molecular complexity index is 1220. The molecule has 1 unspecified atom stereocenters. The largest absolute Gasteiger partial charge is 0.495 e. The topological polar surface area (TPSA) is 84.5 Å². The highest BCUT2D eigenvalue weighted by Crippen LogP contribution is 2.27. The molecule has 0 saturated carbocycles. The number of carbonyl (C=O) groups excluding carboxylic acids is 1. The molecule has 10 heteroatoms. The molecule has 0 radical (unpaired) electrons. The van der Waals surface area contributed by atoms with Crippen LogP contribution in [0.4, 0.5) is 14.5 Å². The van der Waals surface area contributed by atoms with Crippen LogP contribution in [0, 0.1) is 11.6 Å². The predicted octanol–water partition coefficient (Wildman–Crippen LogP) is 4.16. The number of anilines is 1. The normalized spacial score (nSPS) is 12.2. The van der Waals surface area contributed by atoms with Crippen LogP contribution in [0.1, 0.15) is 5.56 Å². The van der Waals surface area contributed by atoms with Crippen LogP contribution >= 0.6 is 11.6 Å². The number of ether oxygens (including phenoxy) is 1. The number of carbonyl (C=O) groups is 1. The third-order valence-corrected chi connectivity index (χ3v) is 6.28. The van der Waals surface area contributed by atoms with Crippen molar-refractivity contribution in [2.75, 3.05) is 12.4 Å². The maximum absolute atomic E-state index is 14.0. The molecule has 3 aromatic rings. The van der Waals surface area contributed by atoms with Gasteiger partial charge >= 0.3 is 0 Å². The number of amides is 1. The quantitative estimate of drug-likeness (QED) is 0.507. The highest BCUT2D eigenvalue weighted by Gasteiger charge is 2.27. The fraction of sp³-hybridized carbons (Fsp3) is 0.136. The summed E-state index contributed by atoms with van der Waals surface area (Å²) in [7, 11) is -2.79. The van der Waals surface area contributed by atoms with E-state index in [2.05, 4.69) is 10.0 Å². The van der Waals surface area contributed by atoms with Crippen molar-refractivity contribution in [3.8, 4) is 5.75 Å². The summed E-state index contributed by atoms with van der Waals surface area (Å²) in [5, 5.41) is 2.38. The highest BCUT2D eigenvalue weighted by molar-refractivity contribution is 7.89. The van der Waals surface area contributed by atoms with Crippen molar-refractivity contribution < 1.29 is 26.7 Å². The van der Waals surface area contributed by atoms with Gasteiger partial charge in [-0.2, -0.15) is 4.72 Å². The number of methoxy groups -OCH3 is 1. The Morgan fingerprint density at radius 1 is 1.06 bits per heavy atom. The molecule has 0 fully saturated rings. The molecular formula is C22H19ClF2N2O4S. The Kier molecular flexibility index (Phi) is 7.44. The molecule has 0 heterocycles. The number of benzene rings is 3. The van der Waals surface area contributed by atoms with Crippen molar-refractivity contribution in [3.63, 3.8) is 0 Å². The van der Waals surface area contributed by atoms with Crippen molar-refractivity contribution in [1.82, 2.24) is 4.72 Å². The summed E-state index contributed by atoms with van der Waals surface area (Å²) in [6.45, 7) is 0. The molecule has 0 spiro atoms. The Labute approximate surface area is 189 Å². The third kappa shape index (κ3) is 5.82. The number of rotatable bonds is 8. The maximum atomic E-state index is 14.0. The first kappa shape index (κ1) is 23.6. The lowest BCUT2D eigenvalue weighted by atomic mass is 10.1. The fourth-order valence-corrected chi connectivity index (χ4v) is 4.46. The van der Waals surface area contributed by atoms with E-state index < -0.39 is 33.6 Å². The highest BCUT2D eigenvalue weighted by atomic mass is 35.5. The maximum Gasteiger partial charge on any atom is 0.242 e. The van der Waals surface area contributed by atoms with E-state index in [1.165, 1.54) is 25.3 Å². The number of halogens is 3. The van der Waals surface area contributed by atoms with E-state index in [-0.39, 0.29) is 27.8 Å². The Morgan fingerprint density at radius 3 is 2.41 bits per heavy atom. The molecule has 0 aromatic heterocycles. The van der Waals surface area contributed by atoms with E-state index in [0.29, 0.717) is 11.6 Å². The van der Waals surface area contributed by atoms with E-state index >= 15 is 0 Å². The molecule has 0 aliphatic carbocycles. The molecule has 2 N–H and O–H groups in total. The molecule has 3 rings (SSSR count). The zero-order valence-electron chi connectivity index (χ0n) is 16.8. The SMILES string of the molecule is COc1ccc(S(=O)(=O)NC(Cc2ccccc2)C(=O)Nc2ccc(F)cc2F)cc1Cl. The van der Waals surface area contributed by atoms with Gasteiger partial charge in [-0.25, -0.2) is 17.2 Å². The molecule has 0 aliphatic heterocycles. The van der Waals surface area contributed by atoms with Crippen molar-refractivity contribution in [2.24, 2.45) is 0 Å². The van der Waals surface area contributed by atoms with E-state index in [0.717, 1.165) is 12.1 Å². The van der Waals surface area contributed by atoms with E-state index in [9.17, 15) is 22.0 Å². The zero-order chi connectivity index (χ0) is 23.3. The lowest BCUT2D eigenvalue weighted by molar-refractivity contribution is -0.117. The minimum Gasteiger partial charge on any atom is -0.495 e. The minimum absolute atomic E-state index is 0.0153. The molecule has 3 aromatic carbocycles. The number of hydrogen-bond donors (Lipinski definition) is 2. The molecule has 0 saturated heterocycles. The van der Waals surface area contributed by atoms with Gasteiger partial charge in [-0.3, -0.25) is 4.79 Å². The van der Waals surface area contributed by atoms with Crippen LogP contribution in [-0.2, 0) is 21.2 Å². The van der Waals surface area contributed by atoms with Gasteiger partial charge < -0.3 is 10.1 Å². The van der Waals surface area contributed by atoms with E-state index in [4.69, 9.17) is 16.3 Å². The van der Waals surface area contributed by atoms with Gasteiger partial charge in [-0.05, 0) is 42.3 Å². The van der Waals surface area contributed by atoms with Crippen LogP contribution in [0.25, 0.3) is 0 Å². The Morgan fingerprint density at radius 2 is 1.78 bits per heavy atom. The molecule has 6 nitrogen and oxygen atoms in total. The number of hydrogen-bond acceptors (Lipinski definition) is 4. The average molecular weight is 481 g/mol. The summed E-state index contributed by atoms with van der Waals surface area (Å²) in [5.41, 5.74) is 0.392. The number of sulfonamides is 1. The lowest BCUT2D eigenvalue weighted by Gasteiger charge is -2.19. The van der Waals surface area contributed by atoms with Crippen molar-refractivity contribution in [2.45, 2.75) is 17.4 Å². The summed E-state index contributed by atoms with van der Waals surface area (Å²) in [6.07, 6.45) is -0.0153. The van der Waals surface area contributed by atoms with Crippen LogP contribution in [0.2, 0.25) is 5.02 Å². The van der Waals surface area contributed by atoms with Crippen LogP contribution in [0.15, 0.2) is 71.6 Å². The van der Waals surface area contributed by atoms with Gasteiger partial charge in [0.25, 0.3) is 0 Å². The second kappa shape index (κ2) is 10.1. The predicted molar refractivity (Wildman–Crippen MR) is 117 cm³/mol. The summed E-state index contributed by atoms with van der Waals surface area (Å²) in [4.78, 5) is 12.7. The molecule has 0 bridgehead atoms. The standard InChI is InChI=1S/C22H19ClF2N2O4S/c1-31-21-10-8-16(13-17(21)23)32(29,30)27-20(11-14-5-3-2-4-6-14)22(28)26-19-9-7-15(24)12-18(19)25/h2-10,12-13,20,27H,11H2,1H3,(H,26,28). The van der Waals surface area contributed by atoms with Crippen LogP contribution in [-0.4, -0.2) is 27.5 Å². The fourth-order valence-electron chi connectivity index (χ4n) is 2.92. The molecule has 168 valence electrons. The Hall–Kier alpha value is -3.01. The van der Waals surface area contributed by atoms with Crippen molar-refractivity contribution in [1.29, 1.82) is 0 Å². The van der Waals surface area contributed by atoms with E-state index in [1.54, 1.807) is 30.3 Å². The second-order valence-electron chi connectivity index (χ2n) is 6.77. The van der Waals surface area contributed by atoms with Gasteiger partial charge in [0, 0.05) is 6.07 Å². The second-order valence-corrected chi connectivity index (χ2v) is 8.89. The third-order valence-electron chi connectivity index (χ3n) is 4.52. The van der Waals surface area contributed by atoms with Gasteiger partial charge in [0.05, 0.1) is 22.7 Å². The Balaban J connectivity index is 1.89. The van der Waals surface area contributed by atoms with Crippen LogP contribution in [0.3, 0.4) is 0 Å². The average Bonchev–Trinajstić information content (AvgIpc) is 2.75. The molecule has 0 aliphatic rings. The summed E-state index contributed by atoms with van der Waals surface area (Å²) < 4.78 is 60.4. The first-order valence-corrected chi connectivity index (χ1v) is 11.2. The lowest BCUT2D eigenvalue weighted by Crippen LogP contribution is -2.45. The van der Waals surface area contributed by atoms with Gasteiger partial charge in [-0.1, -0.05) is 41.9 Å². The zero-order valence-corrected chi connectivity index (χ0v) is 18.4. The smallest absolute Gasteiger partial charge is 0.242 e. The van der Waals surface area contributed by atoms with Gasteiger partial charge in [0.2, 0.25) is 15.9 Å². The molecule has 1 amide bonds. The van der Waals surface area contributed by atoms with Crippen molar-refractivity contribution in [3.05, 3.63) is 89.0 Å². The van der Waals surface area contributed by atoms with Crippen molar-refractivity contribution >= 4 is 33.2 Å². The summed E-state index contributed by atoms with van der Waals surface area (Å²) >= 11 is 6.03. The monoisotopic (exact) mass is 480 g/mol. The minimum atomic E-state index is -4.19. The molecule has 1 atom stereocenters. The number of nitrogens with one attached hydrogen (secondary N) is 2. The van der Waals surface area contributed by atoms with Gasteiger partial charge in [-0.15, -0.1) is 0 Å². The molecule has 32 heavy (non-hydrogen) atoms. The summed E-state index contributed by atoms with van der Waals surface area (Å²) in [5.74, 6) is -2.32. The molecular weight excluding hydrogens is 462 g/mol. The van der Waals surface area contributed by atoms with Crippen LogP contribution < -0.4 is 14.8 Å². The van der Waals surface area contributed by atoms with Gasteiger partial charge in [0.1, 0.15) is 23.4 Å². The van der Waals surface area contributed by atoms with Crippen LogP contribution in [0.5, 0.6) is 5.75 Å². The van der Waals surface area contributed by atoms with E-state index in [1.807, 2.05) is 0 Å².